The number of rotatable bonds is 6. The van der Waals surface area contributed by atoms with Crippen molar-refractivity contribution >= 4 is 22.9 Å². The molecule has 0 fully saturated rings. The molecule has 150 valence electrons. The normalized spacial score (nSPS) is 14.2. The van der Waals surface area contributed by atoms with E-state index in [4.69, 9.17) is 0 Å². The molecule has 28 heavy (non-hydrogen) atoms. The molecule has 3 aromatic rings. The second kappa shape index (κ2) is 7.27. The van der Waals surface area contributed by atoms with E-state index >= 15 is 0 Å². The highest BCUT2D eigenvalue weighted by Crippen LogP contribution is 2.41. The molecule has 0 saturated heterocycles. The number of aryl methyl sites for hydroxylation is 2. The Morgan fingerprint density at radius 3 is 2.61 bits per heavy atom. The van der Waals surface area contributed by atoms with Gasteiger partial charge in [0.05, 0.1) is 17.5 Å². The molecule has 2 N–H and O–H groups in total. The van der Waals surface area contributed by atoms with Crippen LogP contribution in [0.25, 0.3) is 11.0 Å². The van der Waals surface area contributed by atoms with E-state index in [0.717, 1.165) is 22.7 Å². The maximum Gasteiger partial charge on any atom is 0.425 e. The molecule has 7 nitrogen and oxygen atoms in total. The van der Waals surface area contributed by atoms with Gasteiger partial charge in [0.15, 0.2) is 5.82 Å². The van der Waals surface area contributed by atoms with Gasteiger partial charge >= 0.3 is 6.18 Å². The topological polar surface area (TPSA) is 85.0 Å². The first kappa shape index (κ1) is 19.9. The first-order chi connectivity index (χ1) is 13.2. The van der Waals surface area contributed by atoms with Crippen LogP contribution in [-0.2, 0) is 24.0 Å². The zero-order valence-electron chi connectivity index (χ0n) is 15.4. The zero-order valence-corrected chi connectivity index (χ0v) is 15.4. The van der Waals surface area contributed by atoms with Gasteiger partial charge in [0.25, 0.3) is 0 Å². The van der Waals surface area contributed by atoms with Crippen LogP contribution in [0.1, 0.15) is 25.6 Å². The monoisotopic (exact) mass is 395 g/mol. The number of hydrogen-bond acceptors (Lipinski definition) is 4. The summed E-state index contributed by atoms with van der Waals surface area (Å²) in [5.74, 6) is -1.54. The lowest BCUT2D eigenvalue weighted by Crippen LogP contribution is -2.47. The Hall–Kier alpha value is -2.88. The number of imidazole rings is 2. The first-order valence-electron chi connectivity index (χ1n) is 8.69. The number of nitrogens with one attached hydrogen (secondary N) is 1. The van der Waals surface area contributed by atoms with E-state index in [1.807, 2.05) is 19.1 Å². The molecule has 0 aliphatic carbocycles. The Kier molecular flexibility index (Phi) is 5.16. The van der Waals surface area contributed by atoms with E-state index in [0.29, 0.717) is 12.1 Å². The van der Waals surface area contributed by atoms with Crippen molar-refractivity contribution < 1.29 is 23.1 Å². The maximum atomic E-state index is 13.6. The largest absolute Gasteiger partial charge is 0.425 e. The van der Waals surface area contributed by atoms with Gasteiger partial charge < -0.3 is 14.2 Å². The molecule has 0 spiro atoms. The van der Waals surface area contributed by atoms with Gasteiger partial charge in [0.2, 0.25) is 17.5 Å². The van der Waals surface area contributed by atoms with Crippen molar-refractivity contribution in [3.8, 4) is 0 Å². The van der Waals surface area contributed by atoms with Crippen LogP contribution in [0.15, 0.2) is 36.7 Å². The highest BCUT2D eigenvalue weighted by molar-refractivity contribution is 5.92. The molecule has 2 heterocycles. The summed E-state index contributed by atoms with van der Waals surface area (Å²) in [6.45, 7) is 2.46. The number of fused-ring (bicyclic) bond motifs is 1. The number of alkyl halides is 3. The van der Waals surface area contributed by atoms with Crippen LogP contribution in [0.2, 0.25) is 0 Å². The fourth-order valence-corrected chi connectivity index (χ4v) is 3.09. The molecule has 1 unspecified atom stereocenters. The Balaban J connectivity index is 1.91. The summed E-state index contributed by atoms with van der Waals surface area (Å²) in [4.78, 5) is 20.3. The second-order valence-corrected chi connectivity index (χ2v) is 6.52. The van der Waals surface area contributed by atoms with E-state index in [-0.39, 0.29) is 5.95 Å². The van der Waals surface area contributed by atoms with E-state index in [1.54, 1.807) is 16.7 Å². The number of halogens is 3. The van der Waals surface area contributed by atoms with E-state index in [9.17, 15) is 23.1 Å². The third kappa shape index (κ3) is 3.47. The van der Waals surface area contributed by atoms with E-state index in [2.05, 4.69) is 15.3 Å². The minimum atomic E-state index is -5.09. The molecule has 0 aliphatic heterocycles. The summed E-state index contributed by atoms with van der Waals surface area (Å²) in [5.41, 5.74) is -2.05. The molecule has 1 atom stereocenters. The lowest BCUT2D eigenvalue weighted by atomic mass is 9.97. The molecule has 0 radical (unpaired) electrons. The van der Waals surface area contributed by atoms with Gasteiger partial charge in [-0.15, -0.1) is 0 Å². The minimum Gasteiger partial charge on any atom is -0.374 e. The van der Waals surface area contributed by atoms with Crippen LogP contribution in [0.3, 0.4) is 0 Å². The van der Waals surface area contributed by atoms with Crippen LogP contribution >= 0.6 is 0 Å². The number of hydrogen-bond donors (Lipinski definition) is 2. The predicted molar refractivity (Wildman–Crippen MR) is 96.4 cm³/mol. The average Bonchev–Trinajstić information content (AvgIpc) is 3.18. The van der Waals surface area contributed by atoms with Crippen molar-refractivity contribution in [2.24, 2.45) is 7.05 Å². The Labute approximate surface area is 158 Å². The van der Waals surface area contributed by atoms with Crippen LogP contribution in [-0.4, -0.2) is 36.3 Å². The summed E-state index contributed by atoms with van der Waals surface area (Å²) in [6.07, 6.45) is -3.19. The molecule has 0 saturated carbocycles. The third-order valence-electron chi connectivity index (χ3n) is 4.43. The quantitative estimate of drug-likeness (QED) is 0.672. The number of aliphatic hydroxyl groups is 1. The summed E-state index contributed by atoms with van der Waals surface area (Å²) in [5, 5.41) is 12.8. The number of carbonyl (C=O) groups excluding carboxylic acids is 1. The van der Waals surface area contributed by atoms with Gasteiger partial charge in [-0.05, 0) is 18.6 Å². The molecule has 2 aromatic heterocycles. The Bertz CT molecular complexity index is 995. The standard InChI is InChI=1S/C18H20F3N5O2/c1-3-9-26-13-7-5-4-6-12(13)23-16(26)24-14(27)11-17(28,18(19,20)21)15-22-8-10-25(15)2/h4-8,10,28H,3,9,11H2,1-2H3,(H,23,24,27). The van der Waals surface area contributed by atoms with Crippen molar-refractivity contribution in [2.75, 3.05) is 5.32 Å². The van der Waals surface area contributed by atoms with Gasteiger partial charge in [0, 0.05) is 26.0 Å². The molecule has 0 aliphatic rings. The molecule has 1 amide bonds. The van der Waals surface area contributed by atoms with Gasteiger partial charge in [-0.3, -0.25) is 10.1 Å². The zero-order chi connectivity index (χ0) is 20.5. The van der Waals surface area contributed by atoms with Gasteiger partial charge in [-0.2, -0.15) is 13.2 Å². The van der Waals surface area contributed by atoms with Crippen LogP contribution < -0.4 is 5.32 Å². The number of carbonyl (C=O) groups is 1. The molecular formula is C18H20F3N5O2. The SMILES string of the molecule is CCCn1c(NC(=O)CC(O)(c2nccn2C)C(F)(F)F)nc2ccccc21. The Morgan fingerprint density at radius 1 is 1.29 bits per heavy atom. The van der Waals surface area contributed by atoms with E-state index in [1.165, 1.54) is 13.2 Å². The summed E-state index contributed by atoms with van der Waals surface area (Å²) in [6, 6.07) is 7.15. The molecule has 1 aromatic carbocycles. The van der Waals surface area contributed by atoms with Crippen molar-refractivity contribution in [1.82, 2.24) is 19.1 Å². The van der Waals surface area contributed by atoms with Crippen molar-refractivity contribution in [3.63, 3.8) is 0 Å². The predicted octanol–water partition coefficient (Wildman–Crippen LogP) is 2.96. The number of para-hydroxylation sites is 2. The summed E-state index contributed by atoms with van der Waals surface area (Å²) >= 11 is 0. The highest BCUT2D eigenvalue weighted by Gasteiger charge is 2.58. The fourth-order valence-electron chi connectivity index (χ4n) is 3.09. The van der Waals surface area contributed by atoms with E-state index < -0.39 is 29.9 Å². The van der Waals surface area contributed by atoms with Crippen molar-refractivity contribution in [3.05, 3.63) is 42.5 Å². The number of anilines is 1. The molecule has 3 rings (SSSR count). The van der Waals surface area contributed by atoms with Crippen LogP contribution in [0.4, 0.5) is 19.1 Å². The van der Waals surface area contributed by atoms with Crippen molar-refractivity contribution in [1.29, 1.82) is 0 Å². The molecule has 0 bridgehead atoms. The van der Waals surface area contributed by atoms with Gasteiger partial charge in [0.1, 0.15) is 0 Å². The number of aromatic nitrogens is 4. The molecule has 10 heteroatoms. The van der Waals surface area contributed by atoms with Crippen LogP contribution in [0, 0.1) is 0 Å². The summed E-state index contributed by atoms with van der Waals surface area (Å²) < 4.78 is 43.6. The lowest BCUT2D eigenvalue weighted by Gasteiger charge is -2.29. The Morgan fingerprint density at radius 2 is 2.00 bits per heavy atom. The smallest absolute Gasteiger partial charge is 0.374 e. The fraction of sp³-hybridized carbons (Fsp3) is 0.389. The van der Waals surface area contributed by atoms with Gasteiger partial charge in [-0.1, -0.05) is 19.1 Å². The second-order valence-electron chi connectivity index (χ2n) is 6.52. The lowest BCUT2D eigenvalue weighted by molar-refractivity contribution is -0.270. The van der Waals surface area contributed by atoms with Crippen molar-refractivity contribution in [2.45, 2.75) is 38.1 Å². The molecular weight excluding hydrogens is 375 g/mol. The van der Waals surface area contributed by atoms with Gasteiger partial charge in [-0.25, -0.2) is 9.97 Å². The number of nitrogens with zero attached hydrogens (tertiary/aromatic N) is 4. The van der Waals surface area contributed by atoms with Crippen LogP contribution in [0.5, 0.6) is 0 Å². The summed E-state index contributed by atoms with van der Waals surface area (Å²) in [7, 11) is 1.32. The number of amides is 1. The highest BCUT2D eigenvalue weighted by atomic mass is 19.4. The first-order valence-corrected chi connectivity index (χ1v) is 8.69. The average molecular weight is 395 g/mol. The minimum absolute atomic E-state index is 0.136. The third-order valence-corrected chi connectivity index (χ3v) is 4.43. The number of benzene rings is 1. The maximum absolute atomic E-state index is 13.6.